The van der Waals surface area contributed by atoms with Crippen LogP contribution in [0.1, 0.15) is 37.1 Å². The average Bonchev–Trinajstić information content (AvgIpc) is 2.98. The lowest BCUT2D eigenvalue weighted by Crippen LogP contribution is -2.14. The minimum absolute atomic E-state index is 0.201. The van der Waals surface area contributed by atoms with Crippen molar-refractivity contribution in [1.82, 2.24) is 15.2 Å². The summed E-state index contributed by atoms with van der Waals surface area (Å²) >= 11 is 0. The van der Waals surface area contributed by atoms with Gasteiger partial charge in [0.15, 0.2) is 17.3 Å². The van der Waals surface area contributed by atoms with Crippen LogP contribution >= 0.6 is 0 Å². The molecule has 0 aliphatic heterocycles. The van der Waals surface area contributed by atoms with E-state index >= 15 is 0 Å². The van der Waals surface area contributed by atoms with Crippen LogP contribution in [0.25, 0.3) is 0 Å². The van der Waals surface area contributed by atoms with Crippen molar-refractivity contribution in [2.45, 2.75) is 26.5 Å². The summed E-state index contributed by atoms with van der Waals surface area (Å²) in [5.74, 6) is 2.13. The number of aromatic nitrogens is 3. The zero-order chi connectivity index (χ0) is 15.2. The van der Waals surface area contributed by atoms with E-state index in [4.69, 9.17) is 20.3 Å². The van der Waals surface area contributed by atoms with Gasteiger partial charge in [-0.05, 0) is 31.5 Å². The first-order valence-corrected chi connectivity index (χ1v) is 6.86. The third-order valence-corrected chi connectivity index (χ3v) is 2.90. The van der Waals surface area contributed by atoms with Gasteiger partial charge in [-0.1, -0.05) is 6.07 Å². The number of H-pyrrole nitrogens is 1. The molecular formula is C14H20N4O3. The SMILES string of the molecule is CCOc1ccc([C@H](N)c2n[nH]c(CO)n2)cc1OCC. The summed E-state index contributed by atoms with van der Waals surface area (Å²) in [7, 11) is 0. The lowest BCUT2D eigenvalue weighted by Gasteiger charge is -2.14. The molecular weight excluding hydrogens is 272 g/mol. The molecule has 1 heterocycles. The summed E-state index contributed by atoms with van der Waals surface area (Å²) < 4.78 is 11.1. The highest BCUT2D eigenvalue weighted by molar-refractivity contribution is 5.44. The van der Waals surface area contributed by atoms with Gasteiger partial charge in [0, 0.05) is 0 Å². The van der Waals surface area contributed by atoms with Gasteiger partial charge >= 0.3 is 0 Å². The summed E-state index contributed by atoms with van der Waals surface area (Å²) in [6.45, 7) is 4.72. The first-order chi connectivity index (χ1) is 10.2. The lowest BCUT2D eigenvalue weighted by molar-refractivity contribution is 0.271. The minimum atomic E-state index is -0.503. The van der Waals surface area contributed by atoms with Gasteiger partial charge in [-0.25, -0.2) is 4.98 Å². The molecule has 4 N–H and O–H groups in total. The Kier molecular flexibility index (Phi) is 5.13. The van der Waals surface area contributed by atoms with Crippen molar-refractivity contribution in [2.75, 3.05) is 13.2 Å². The van der Waals surface area contributed by atoms with Crippen LogP contribution in [0.4, 0.5) is 0 Å². The molecule has 0 aliphatic carbocycles. The first-order valence-electron chi connectivity index (χ1n) is 6.86. The molecule has 7 nitrogen and oxygen atoms in total. The van der Waals surface area contributed by atoms with E-state index in [-0.39, 0.29) is 6.61 Å². The average molecular weight is 292 g/mol. The molecule has 0 aliphatic rings. The number of ether oxygens (including phenoxy) is 2. The largest absolute Gasteiger partial charge is 0.490 e. The molecule has 0 bridgehead atoms. The van der Waals surface area contributed by atoms with E-state index in [0.717, 1.165) is 5.56 Å². The number of hydrogen-bond acceptors (Lipinski definition) is 6. The summed E-state index contributed by atoms with van der Waals surface area (Å²) in [4.78, 5) is 4.13. The highest BCUT2D eigenvalue weighted by Gasteiger charge is 2.17. The second-order valence-corrected chi connectivity index (χ2v) is 4.35. The normalized spacial score (nSPS) is 12.2. The Hall–Kier alpha value is -2.12. The predicted molar refractivity (Wildman–Crippen MR) is 77.1 cm³/mol. The van der Waals surface area contributed by atoms with Crippen molar-refractivity contribution in [2.24, 2.45) is 5.73 Å². The summed E-state index contributed by atoms with van der Waals surface area (Å²) in [6, 6.07) is 5.00. The Morgan fingerprint density at radius 3 is 2.57 bits per heavy atom. The van der Waals surface area contributed by atoms with Crippen molar-refractivity contribution in [3.8, 4) is 11.5 Å². The first kappa shape index (κ1) is 15.3. The third-order valence-electron chi connectivity index (χ3n) is 2.90. The number of aliphatic hydroxyl groups excluding tert-OH is 1. The van der Waals surface area contributed by atoms with E-state index < -0.39 is 6.04 Å². The summed E-state index contributed by atoms with van der Waals surface area (Å²) in [5, 5.41) is 15.6. The molecule has 1 atom stereocenters. The Morgan fingerprint density at radius 2 is 1.95 bits per heavy atom. The van der Waals surface area contributed by atoms with E-state index in [1.165, 1.54) is 0 Å². The van der Waals surface area contributed by atoms with Gasteiger partial charge in [-0.3, -0.25) is 5.10 Å². The van der Waals surface area contributed by atoms with Crippen LogP contribution in [0.15, 0.2) is 18.2 Å². The molecule has 0 fully saturated rings. The smallest absolute Gasteiger partial charge is 0.171 e. The van der Waals surface area contributed by atoms with E-state index in [1.807, 2.05) is 32.0 Å². The monoisotopic (exact) mass is 292 g/mol. The van der Waals surface area contributed by atoms with Crippen LogP contribution in [0.3, 0.4) is 0 Å². The van der Waals surface area contributed by atoms with Crippen LogP contribution < -0.4 is 15.2 Å². The fourth-order valence-corrected chi connectivity index (χ4v) is 1.93. The zero-order valence-corrected chi connectivity index (χ0v) is 12.2. The molecule has 7 heteroatoms. The number of nitrogens with zero attached hydrogens (tertiary/aromatic N) is 2. The Balaban J connectivity index is 2.27. The maximum Gasteiger partial charge on any atom is 0.171 e. The molecule has 1 aromatic heterocycles. The molecule has 0 radical (unpaired) electrons. The standard InChI is InChI=1S/C14H20N4O3/c1-3-20-10-6-5-9(7-11(10)21-4-2)13(15)14-16-12(8-19)17-18-14/h5-7,13,19H,3-4,8,15H2,1-2H3,(H,16,17,18)/t13-/m0/s1. The van der Waals surface area contributed by atoms with Gasteiger partial charge in [0.1, 0.15) is 12.4 Å². The van der Waals surface area contributed by atoms with Gasteiger partial charge in [0.25, 0.3) is 0 Å². The number of nitrogens with one attached hydrogen (secondary N) is 1. The minimum Gasteiger partial charge on any atom is -0.490 e. The van der Waals surface area contributed by atoms with Crippen LogP contribution in [-0.2, 0) is 6.61 Å². The molecule has 1 aromatic carbocycles. The molecule has 114 valence electrons. The number of hydrogen-bond donors (Lipinski definition) is 3. The number of rotatable bonds is 7. The number of benzene rings is 1. The van der Waals surface area contributed by atoms with E-state index in [2.05, 4.69) is 15.2 Å². The zero-order valence-electron chi connectivity index (χ0n) is 12.2. The quantitative estimate of drug-likeness (QED) is 0.706. The van der Waals surface area contributed by atoms with Crippen LogP contribution in [-0.4, -0.2) is 33.5 Å². The second kappa shape index (κ2) is 7.05. The van der Waals surface area contributed by atoms with Gasteiger partial charge in [0.2, 0.25) is 0 Å². The fourth-order valence-electron chi connectivity index (χ4n) is 1.93. The molecule has 0 unspecified atom stereocenters. The Bertz CT molecular complexity index is 585. The molecule has 0 saturated carbocycles. The maximum atomic E-state index is 9.00. The molecule has 0 spiro atoms. The summed E-state index contributed by atoms with van der Waals surface area (Å²) in [6.07, 6.45) is 0. The number of nitrogens with two attached hydrogens (primary N) is 1. The topological polar surface area (TPSA) is 106 Å². The Morgan fingerprint density at radius 1 is 1.24 bits per heavy atom. The number of aromatic amines is 1. The van der Waals surface area contributed by atoms with Gasteiger partial charge in [-0.2, -0.15) is 5.10 Å². The fraction of sp³-hybridized carbons (Fsp3) is 0.429. The third kappa shape index (κ3) is 3.50. The van der Waals surface area contributed by atoms with E-state index in [0.29, 0.717) is 36.4 Å². The molecule has 2 aromatic rings. The van der Waals surface area contributed by atoms with Gasteiger partial charge < -0.3 is 20.3 Å². The highest BCUT2D eigenvalue weighted by atomic mass is 16.5. The highest BCUT2D eigenvalue weighted by Crippen LogP contribution is 2.31. The van der Waals surface area contributed by atoms with Crippen LogP contribution in [0, 0.1) is 0 Å². The van der Waals surface area contributed by atoms with Crippen molar-refractivity contribution in [3.63, 3.8) is 0 Å². The van der Waals surface area contributed by atoms with E-state index in [9.17, 15) is 0 Å². The number of aliphatic hydroxyl groups is 1. The Labute approximate surface area is 123 Å². The van der Waals surface area contributed by atoms with Crippen LogP contribution in [0.5, 0.6) is 11.5 Å². The summed E-state index contributed by atoms with van der Waals surface area (Å²) in [5.41, 5.74) is 6.96. The van der Waals surface area contributed by atoms with Crippen molar-refractivity contribution >= 4 is 0 Å². The van der Waals surface area contributed by atoms with Crippen LogP contribution in [0.2, 0.25) is 0 Å². The van der Waals surface area contributed by atoms with Crippen molar-refractivity contribution in [3.05, 3.63) is 35.4 Å². The van der Waals surface area contributed by atoms with Crippen molar-refractivity contribution < 1.29 is 14.6 Å². The van der Waals surface area contributed by atoms with E-state index in [1.54, 1.807) is 0 Å². The van der Waals surface area contributed by atoms with Crippen molar-refractivity contribution in [1.29, 1.82) is 0 Å². The van der Waals surface area contributed by atoms with Gasteiger partial charge in [-0.15, -0.1) is 0 Å². The molecule has 21 heavy (non-hydrogen) atoms. The van der Waals surface area contributed by atoms with Gasteiger partial charge in [0.05, 0.1) is 19.3 Å². The second-order valence-electron chi connectivity index (χ2n) is 4.35. The maximum absolute atomic E-state index is 9.00. The molecule has 2 rings (SSSR count). The molecule has 0 amide bonds. The predicted octanol–water partition coefficient (Wildman–Crippen LogP) is 1.14. The molecule has 0 saturated heterocycles. The lowest BCUT2D eigenvalue weighted by atomic mass is 10.1.